The van der Waals surface area contributed by atoms with Crippen LogP contribution in [0.2, 0.25) is 0 Å². The number of benzene rings is 2. The lowest BCUT2D eigenvalue weighted by Crippen LogP contribution is -2.12. The summed E-state index contributed by atoms with van der Waals surface area (Å²) >= 11 is 0. The van der Waals surface area contributed by atoms with Gasteiger partial charge in [-0.15, -0.1) is 0 Å². The number of ether oxygens (including phenoxy) is 4. The highest BCUT2D eigenvalue weighted by Crippen LogP contribution is 2.36. The van der Waals surface area contributed by atoms with E-state index in [0.717, 1.165) is 43.4 Å². The molecule has 4 aromatic rings. The number of anilines is 4. The van der Waals surface area contributed by atoms with E-state index < -0.39 is 35.2 Å². The van der Waals surface area contributed by atoms with Gasteiger partial charge in [-0.2, -0.15) is 36.3 Å². The van der Waals surface area contributed by atoms with Crippen molar-refractivity contribution in [3.05, 3.63) is 72.1 Å². The Balaban J connectivity index is 0.000000276. The minimum absolute atomic E-state index is 0.0242. The number of hydrogen-bond acceptors (Lipinski definition) is 10. The van der Waals surface area contributed by atoms with Gasteiger partial charge in [0.25, 0.3) is 0 Å². The minimum atomic E-state index is -4.57. The molecular formula is C35H42F6N6O4. The largest absolute Gasteiger partial charge is 0.494 e. The summed E-state index contributed by atoms with van der Waals surface area (Å²) in [4.78, 5) is 15.1. The summed E-state index contributed by atoms with van der Waals surface area (Å²) < 4.78 is 99.0. The monoisotopic (exact) mass is 724 g/mol. The molecule has 0 aliphatic carbocycles. The Hall–Kier alpha value is -5.02. The molecule has 0 aliphatic rings. The fourth-order valence-corrected chi connectivity index (χ4v) is 3.99. The summed E-state index contributed by atoms with van der Waals surface area (Å²) in [6.45, 7) is 9.05. The van der Waals surface area contributed by atoms with Crippen molar-refractivity contribution in [2.75, 3.05) is 37.1 Å². The van der Waals surface area contributed by atoms with Crippen molar-refractivity contribution >= 4 is 23.3 Å². The molecule has 0 unspecified atom stereocenters. The van der Waals surface area contributed by atoms with E-state index in [1.54, 1.807) is 62.4 Å². The SMILES string of the molecule is CCCCOc1ccc(Nc2ncc(C(F)(F)F)c(OCC)n2)cc1.CCCCOc1ccc(Nc2ncc(C(F)(F)F)c(OCCC)n2)cc1. The predicted octanol–water partition coefficient (Wildman–Crippen LogP) is 10.0. The van der Waals surface area contributed by atoms with Gasteiger partial charge in [-0.05, 0) is 74.7 Å². The number of unbranched alkanes of at least 4 members (excludes halogenated alkanes) is 2. The Bertz CT molecular complexity index is 1610. The highest BCUT2D eigenvalue weighted by atomic mass is 19.4. The second-order valence-corrected chi connectivity index (χ2v) is 10.8. The van der Waals surface area contributed by atoms with Gasteiger partial charge >= 0.3 is 12.4 Å². The Labute approximate surface area is 293 Å². The van der Waals surface area contributed by atoms with Crippen molar-refractivity contribution < 1.29 is 45.3 Å². The maximum atomic E-state index is 13.0. The molecule has 0 atom stereocenters. The van der Waals surface area contributed by atoms with Crippen molar-refractivity contribution in [3.63, 3.8) is 0 Å². The maximum Gasteiger partial charge on any atom is 0.423 e. The quantitative estimate of drug-likeness (QED) is 0.0806. The van der Waals surface area contributed by atoms with E-state index in [9.17, 15) is 26.3 Å². The van der Waals surface area contributed by atoms with Crippen LogP contribution in [0.4, 0.5) is 49.6 Å². The van der Waals surface area contributed by atoms with E-state index in [1.165, 1.54) is 0 Å². The Kier molecular flexibility index (Phi) is 15.8. The van der Waals surface area contributed by atoms with Crippen LogP contribution in [0.1, 0.15) is 70.9 Å². The maximum absolute atomic E-state index is 13.0. The number of nitrogens with zero attached hydrogens (tertiary/aromatic N) is 4. The third-order valence-electron chi connectivity index (χ3n) is 6.60. The first kappa shape index (κ1) is 40.4. The molecule has 2 N–H and O–H groups in total. The summed E-state index contributed by atoms with van der Waals surface area (Å²) in [6, 6.07) is 14.1. The number of alkyl halides is 6. The number of rotatable bonds is 17. The summed E-state index contributed by atoms with van der Waals surface area (Å²) in [5.74, 6) is 0.537. The van der Waals surface area contributed by atoms with Crippen molar-refractivity contribution in [3.8, 4) is 23.3 Å². The number of halogens is 6. The third-order valence-corrected chi connectivity index (χ3v) is 6.60. The number of aromatic nitrogens is 4. The topological polar surface area (TPSA) is 113 Å². The van der Waals surface area contributed by atoms with Gasteiger partial charge in [0.15, 0.2) is 0 Å². The van der Waals surface area contributed by atoms with Gasteiger partial charge in [0, 0.05) is 23.8 Å². The standard InChI is InChI=1S/C18H22F3N3O2.C17H20F3N3O2/c1-3-5-11-25-14-8-6-13(7-9-14)23-17-22-12-15(18(19,20)21)16(24-17)26-10-4-2;1-3-5-10-25-13-8-6-12(7-9-13)22-16-21-11-14(17(18,19)20)15(23-16)24-4-2/h6-9,12H,3-5,10-11H2,1-2H3,(H,22,23,24);6-9,11H,3-5,10H2,1-2H3,(H,21,22,23). The molecule has 0 amide bonds. The van der Waals surface area contributed by atoms with Crippen molar-refractivity contribution in [2.45, 2.75) is 72.2 Å². The Morgan fingerprint density at radius 1 is 0.529 bits per heavy atom. The fourth-order valence-electron chi connectivity index (χ4n) is 3.99. The van der Waals surface area contributed by atoms with E-state index in [0.29, 0.717) is 37.2 Å². The lowest BCUT2D eigenvalue weighted by Gasteiger charge is -2.14. The zero-order chi connectivity index (χ0) is 37.3. The predicted molar refractivity (Wildman–Crippen MR) is 181 cm³/mol. The van der Waals surface area contributed by atoms with E-state index in [2.05, 4.69) is 44.4 Å². The molecule has 0 spiro atoms. The zero-order valence-electron chi connectivity index (χ0n) is 28.8. The van der Waals surface area contributed by atoms with Gasteiger partial charge in [0.2, 0.25) is 23.7 Å². The smallest absolute Gasteiger partial charge is 0.423 e. The molecule has 10 nitrogen and oxygen atoms in total. The second kappa shape index (κ2) is 20.0. The van der Waals surface area contributed by atoms with Crippen LogP contribution in [0.3, 0.4) is 0 Å². The molecule has 0 fully saturated rings. The van der Waals surface area contributed by atoms with Gasteiger partial charge < -0.3 is 29.6 Å². The van der Waals surface area contributed by atoms with Crippen LogP contribution < -0.4 is 29.6 Å². The Morgan fingerprint density at radius 3 is 1.29 bits per heavy atom. The molecule has 4 rings (SSSR count). The average molecular weight is 725 g/mol. The summed E-state index contributed by atoms with van der Waals surface area (Å²) in [6.07, 6.45) is -3.09. The molecule has 51 heavy (non-hydrogen) atoms. The molecular weight excluding hydrogens is 682 g/mol. The van der Waals surface area contributed by atoms with Gasteiger partial charge in [0.05, 0.1) is 26.4 Å². The first-order valence-electron chi connectivity index (χ1n) is 16.5. The van der Waals surface area contributed by atoms with Crippen LogP contribution >= 0.6 is 0 Å². The average Bonchev–Trinajstić information content (AvgIpc) is 3.09. The molecule has 278 valence electrons. The van der Waals surface area contributed by atoms with Crippen molar-refractivity contribution in [2.24, 2.45) is 0 Å². The number of nitrogens with one attached hydrogen (secondary N) is 2. The third kappa shape index (κ3) is 13.7. The normalized spacial score (nSPS) is 11.3. The van der Waals surface area contributed by atoms with Gasteiger partial charge in [-0.25, -0.2) is 9.97 Å². The van der Waals surface area contributed by atoms with Crippen LogP contribution in [-0.4, -0.2) is 46.4 Å². The summed E-state index contributed by atoms with van der Waals surface area (Å²) in [5.41, 5.74) is -0.727. The van der Waals surface area contributed by atoms with Gasteiger partial charge in [0.1, 0.15) is 22.6 Å². The lowest BCUT2D eigenvalue weighted by molar-refractivity contribution is -0.140. The van der Waals surface area contributed by atoms with E-state index >= 15 is 0 Å². The molecule has 0 saturated heterocycles. The molecule has 2 heterocycles. The molecule has 0 bridgehead atoms. The minimum Gasteiger partial charge on any atom is -0.494 e. The van der Waals surface area contributed by atoms with Crippen LogP contribution in [0.5, 0.6) is 23.3 Å². The first-order chi connectivity index (χ1) is 24.4. The van der Waals surface area contributed by atoms with Crippen LogP contribution in [0.15, 0.2) is 60.9 Å². The number of hydrogen-bond donors (Lipinski definition) is 2. The Morgan fingerprint density at radius 2 is 0.941 bits per heavy atom. The second-order valence-electron chi connectivity index (χ2n) is 10.8. The fraction of sp³-hybridized carbons (Fsp3) is 0.429. The highest BCUT2D eigenvalue weighted by molar-refractivity contribution is 5.56. The summed E-state index contributed by atoms with van der Waals surface area (Å²) in [5, 5.41) is 5.72. The van der Waals surface area contributed by atoms with Crippen LogP contribution in [0.25, 0.3) is 0 Å². The van der Waals surface area contributed by atoms with Crippen molar-refractivity contribution in [1.29, 1.82) is 0 Å². The van der Waals surface area contributed by atoms with E-state index in [-0.39, 0.29) is 25.1 Å². The van der Waals surface area contributed by atoms with Crippen LogP contribution in [0, 0.1) is 0 Å². The van der Waals surface area contributed by atoms with E-state index in [4.69, 9.17) is 18.9 Å². The van der Waals surface area contributed by atoms with Gasteiger partial charge in [-0.3, -0.25) is 0 Å². The van der Waals surface area contributed by atoms with Crippen molar-refractivity contribution in [1.82, 2.24) is 19.9 Å². The molecule has 0 aliphatic heterocycles. The molecule has 16 heteroatoms. The zero-order valence-corrected chi connectivity index (χ0v) is 28.8. The molecule has 2 aromatic heterocycles. The first-order valence-corrected chi connectivity index (χ1v) is 16.5. The molecule has 2 aromatic carbocycles. The molecule has 0 saturated carbocycles. The summed E-state index contributed by atoms with van der Waals surface area (Å²) in [7, 11) is 0. The lowest BCUT2D eigenvalue weighted by atomic mass is 10.3. The van der Waals surface area contributed by atoms with Gasteiger partial charge in [-0.1, -0.05) is 33.6 Å². The van der Waals surface area contributed by atoms with E-state index in [1.807, 2.05) is 0 Å². The van der Waals surface area contributed by atoms with Crippen LogP contribution in [-0.2, 0) is 12.4 Å². The highest BCUT2D eigenvalue weighted by Gasteiger charge is 2.37. The molecule has 0 radical (unpaired) electrons.